The Morgan fingerprint density at radius 3 is 2.67 bits per heavy atom. The molecular formula is C21H29NO2. The second-order valence-corrected chi connectivity index (χ2v) is 7.67. The molecule has 2 fully saturated rings. The molecule has 4 atom stereocenters. The van der Waals surface area contributed by atoms with Gasteiger partial charge in [-0.15, -0.1) is 0 Å². The van der Waals surface area contributed by atoms with Gasteiger partial charge < -0.3 is 10.8 Å². The molecule has 3 nitrogen and oxygen atoms in total. The van der Waals surface area contributed by atoms with E-state index in [2.05, 4.69) is 18.7 Å². The summed E-state index contributed by atoms with van der Waals surface area (Å²) in [6.45, 7) is 4.30. The molecule has 4 unspecified atom stereocenters. The zero-order valence-electron chi connectivity index (χ0n) is 14.4. The predicted octanol–water partition coefficient (Wildman–Crippen LogP) is 3.96. The summed E-state index contributed by atoms with van der Waals surface area (Å²) in [7, 11) is 0. The molecule has 3 rings (SSSR count). The minimum absolute atomic E-state index is 0.391. The van der Waals surface area contributed by atoms with Crippen LogP contribution in [-0.4, -0.2) is 17.1 Å². The summed E-state index contributed by atoms with van der Waals surface area (Å²) in [6, 6.07) is 7.43. The van der Waals surface area contributed by atoms with Gasteiger partial charge in [0.25, 0.3) is 0 Å². The third kappa shape index (κ3) is 4.27. The highest BCUT2D eigenvalue weighted by Gasteiger charge is 2.45. The summed E-state index contributed by atoms with van der Waals surface area (Å²) in [5.74, 6) is 1.83. The first-order valence-corrected chi connectivity index (χ1v) is 9.28. The van der Waals surface area contributed by atoms with Crippen molar-refractivity contribution in [2.24, 2.45) is 23.5 Å². The third-order valence-corrected chi connectivity index (χ3v) is 5.88. The van der Waals surface area contributed by atoms with Crippen molar-refractivity contribution in [3.8, 4) is 0 Å². The summed E-state index contributed by atoms with van der Waals surface area (Å²) in [5, 5.41) is 8.86. The number of allylic oxidation sites excluding steroid dienone is 1. The van der Waals surface area contributed by atoms with Crippen LogP contribution in [0.2, 0.25) is 0 Å². The second kappa shape index (κ2) is 7.52. The molecule has 0 heterocycles. The van der Waals surface area contributed by atoms with Crippen molar-refractivity contribution in [1.82, 2.24) is 0 Å². The minimum atomic E-state index is -0.943. The zero-order valence-corrected chi connectivity index (χ0v) is 14.4. The maximum absolute atomic E-state index is 10.8. The van der Waals surface area contributed by atoms with Gasteiger partial charge in [0.1, 0.15) is 6.04 Å². The van der Waals surface area contributed by atoms with E-state index >= 15 is 0 Å². The first kappa shape index (κ1) is 17.2. The van der Waals surface area contributed by atoms with Crippen LogP contribution in [0.1, 0.15) is 49.7 Å². The largest absolute Gasteiger partial charge is 0.480 e. The van der Waals surface area contributed by atoms with Gasteiger partial charge in [0, 0.05) is 0 Å². The van der Waals surface area contributed by atoms with E-state index in [4.69, 9.17) is 10.8 Å². The summed E-state index contributed by atoms with van der Waals surface area (Å²) in [4.78, 5) is 10.8. The average molecular weight is 327 g/mol. The van der Waals surface area contributed by atoms with Crippen LogP contribution in [0.3, 0.4) is 0 Å². The molecule has 0 spiro atoms. The summed E-state index contributed by atoms with van der Waals surface area (Å²) < 4.78 is 0. The lowest BCUT2D eigenvalue weighted by Crippen LogP contribution is -2.32. The molecule has 1 aromatic carbocycles. The molecule has 1 aromatic rings. The van der Waals surface area contributed by atoms with E-state index < -0.39 is 12.0 Å². The number of unbranched alkanes of at least 4 members (excludes halogenated alkanes) is 1. The normalized spacial score (nSPS) is 26.7. The highest BCUT2D eigenvalue weighted by molar-refractivity contribution is 5.73. The van der Waals surface area contributed by atoms with Crippen molar-refractivity contribution in [1.29, 1.82) is 0 Å². The van der Waals surface area contributed by atoms with E-state index in [1.807, 2.05) is 12.1 Å². The number of aryl methyl sites for hydroxylation is 1. The highest BCUT2D eigenvalue weighted by atomic mass is 16.4. The van der Waals surface area contributed by atoms with E-state index in [0.717, 1.165) is 29.7 Å². The number of hydrogen-bond donors (Lipinski definition) is 2. The lowest BCUT2D eigenvalue weighted by atomic mass is 9.81. The van der Waals surface area contributed by atoms with Crippen molar-refractivity contribution in [2.75, 3.05) is 0 Å². The van der Waals surface area contributed by atoms with Gasteiger partial charge in [-0.05, 0) is 73.8 Å². The van der Waals surface area contributed by atoms with Crippen LogP contribution in [0.25, 0.3) is 0 Å². The van der Waals surface area contributed by atoms with E-state index in [-0.39, 0.29) is 0 Å². The fourth-order valence-electron chi connectivity index (χ4n) is 4.25. The summed E-state index contributed by atoms with van der Waals surface area (Å²) >= 11 is 0. The molecule has 3 N–H and O–H groups in total. The van der Waals surface area contributed by atoms with Gasteiger partial charge in [0.2, 0.25) is 0 Å². The van der Waals surface area contributed by atoms with Crippen LogP contribution in [0.4, 0.5) is 0 Å². The first-order valence-electron chi connectivity index (χ1n) is 9.28. The molecule has 0 amide bonds. The molecule has 3 heteroatoms. The zero-order chi connectivity index (χ0) is 17.1. The number of fused-ring (bicyclic) bond motifs is 1. The molecule has 2 saturated carbocycles. The fourth-order valence-corrected chi connectivity index (χ4v) is 4.25. The SMILES string of the molecule is C=C1CCC2CC2C1CCCCc1ccc(CC(N)C(=O)O)cc1. The van der Waals surface area contributed by atoms with Gasteiger partial charge in [-0.3, -0.25) is 4.79 Å². The maximum Gasteiger partial charge on any atom is 0.320 e. The van der Waals surface area contributed by atoms with Crippen LogP contribution >= 0.6 is 0 Å². The number of nitrogens with two attached hydrogens (primary N) is 1. The minimum Gasteiger partial charge on any atom is -0.480 e. The van der Waals surface area contributed by atoms with Crippen LogP contribution in [0, 0.1) is 17.8 Å². The molecule has 2 aliphatic rings. The van der Waals surface area contributed by atoms with Crippen LogP contribution in [-0.2, 0) is 17.6 Å². The number of hydrogen-bond acceptors (Lipinski definition) is 2. The number of carbonyl (C=O) groups is 1. The summed E-state index contributed by atoms with van der Waals surface area (Å²) in [5.41, 5.74) is 9.40. The molecule has 130 valence electrons. The van der Waals surface area contributed by atoms with Crippen LogP contribution in [0.5, 0.6) is 0 Å². The monoisotopic (exact) mass is 327 g/mol. The Bertz CT molecular complexity index is 592. The number of benzene rings is 1. The molecule has 2 aliphatic carbocycles. The van der Waals surface area contributed by atoms with Crippen molar-refractivity contribution in [3.05, 3.63) is 47.5 Å². The number of rotatable bonds is 8. The van der Waals surface area contributed by atoms with Crippen molar-refractivity contribution in [3.63, 3.8) is 0 Å². The highest BCUT2D eigenvalue weighted by Crippen LogP contribution is 2.55. The third-order valence-electron chi connectivity index (χ3n) is 5.88. The molecule has 0 radical (unpaired) electrons. The van der Waals surface area contributed by atoms with Crippen LogP contribution < -0.4 is 5.73 Å². The van der Waals surface area contributed by atoms with Crippen molar-refractivity contribution in [2.45, 2.75) is 57.4 Å². The molecule has 0 saturated heterocycles. The molecule has 0 aliphatic heterocycles. The molecule has 0 aromatic heterocycles. The standard InChI is InChI=1S/C21H29NO2/c1-14-6-11-17-13-19(17)18(14)5-3-2-4-15-7-9-16(10-8-15)12-20(22)21(23)24/h7-10,17-20H,1-6,11-13,22H2,(H,23,24). The lowest BCUT2D eigenvalue weighted by Gasteiger charge is -2.24. The van der Waals surface area contributed by atoms with Gasteiger partial charge in [-0.1, -0.05) is 42.8 Å². The molecular weight excluding hydrogens is 298 g/mol. The smallest absolute Gasteiger partial charge is 0.320 e. The predicted molar refractivity (Wildman–Crippen MR) is 96.8 cm³/mol. The van der Waals surface area contributed by atoms with E-state index in [1.54, 1.807) is 0 Å². The maximum atomic E-state index is 10.8. The van der Waals surface area contributed by atoms with Gasteiger partial charge in [0.05, 0.1) is 0 Å². The second-order valence-electron chi connectivity index (χ2n) is 7.67. The van der Waals surface area contributed by atoms with E-state index in [0.29, 0.717) is 6.42 Å². The van der Waals surface area contributed by atoms with Crippen molar-refractivity contribution < 1.29 is 9.90 Å². The number of aliphatic carboxylic acids is 1. The Kier molecular flexibility index (Phi) is 5.40. The Morgan fingerprint density at radius 2 is 1.96 bits per heavy atom. The quantitative estimate of drug-likeness (QED) is 0.561. The Balaban J connectivity index is 1.39. The number of carboxylic acid groups (broad SMARTS) is 1. The number of carboxylic acids is 1. The Labute approximate surface area is 144 Å². The van der Waals surface area contributed by atoms with E-state index in [9.17, 15) is 4.79 Å². The molecule has 0 bridgehead atoms. The lowest BCUT2D eigenvalue weighted by molar-refractivity contribution is -0.138. The summed E-state index contributed by atoms with van der Waals surface area (Å²) in [6.07, 6.45) is 9.38. The Hall–Kier alpha value is -1.61. The first-order chi connectivity index (χ1) is 11.5. The fraction of sp³-hybridized carbons (Fsp3) is 0.571. The Morgan fingerprint density at radius 1 is 1.25 bits per heavy atom. The van der Waals surface area contributed by atoms with Gasteiger partial charge in [0.15, 0.2) is 0 Å². The van der Waals surface area contributed by atoms with Crippen molar-refractivity contribution >= 4 is 5.97 Å². The average Bonchev–Trinajstić information content (AvgIpc) is 3.34. The van der Waals surface area contributed by atoms with Gasteiger partial charge >= 0.3 is 5.97 Å². The van der Waals surface area contributed by atoms with E-state index in [1.165, 1.54) is 49.7 Å². The molecule has 24 heavy (non-hydrogen) atoms. The topological polar surface area (TPSA) is 63.3 Å². The van der Waals surface area contributed by atoms with Crippen LogP contribution in [0.15, 0.2) is 36.4 Å². The van der Waals surface area contributed by atoms with Gasteiger partial charge in [-0.25, -0.2) is 0 Å². The van der Waals surface area contributed by atoms with Gasteiger partial charge in [-0.2, -0.15) is 0 Å².